The molecule has 0 spiro atoms. The molecule has 0 amide bonds. The van der Waals surface area contributed by atoms with E-state index in [1.165, 1.54) is 5.56 Å². The van der Waals surface area contributed by atoms with E-state index in [9.17, 15) is 0 Å². The molecular weight excluding hydrogens is 224 g/mol. The van der Waals surface area contributed by atoms with Crippen molar-refractivity contribution in [1.29, 1.82) is 0 Å². The highest BCUT2D eigenvalue weighted by Gasteiger charge is 2.10. The number of nitrogens with zero attached hydrogens (tertiary/aromatic N) is 4. The van der Waals surface area contributed by atoms with Crippen molar-refractivity contribution in [1.82, 2.24) is 20.2 Å². The first-order valence-corrected chi connectivity index (χ1v) is 5.85. The molecule has 0 radical (unpaired) electrons. The molecule has 0 unspecified atom stereocenters. The minimum atomic E-state index is 0.477. The van der Waals surface area contributed by atoms with Gasteiger partial charge in [0.25, 0.3) is 0 Å². The number of tetrazole rings is 1. The molecule has 0 N–H and O–H groups in total. The molecule has 1 aromatic carbocycles. The van der Waals surface area contributed by atoms with Crippen molar-refractivity contribution in [3.63, 3.8) is 0 Å². The molecule has 2 aromatic rings. The Bertz CT molecular complexity index is 581. The van der Waals surface area contributed by atoms with Gasteiger partial charge in [-0.3, -0.25) is 0 Å². The summed E-state index contributed by atoms with van der Waals surface area (Å²) >= 11 is 0. The fourth-order valence-electron chi connectivity index (χ4n) is 1.78. The SMILES string of the molecule is C=Cc1cc(C(C)C)ccc1-n1nnnc1C=C. The van der Waals surface area contributed by atoms with Crippen LogP contribution in [-0.2, 0) is 0 Å². The van der Waals surface area contributed by atoms with Crippen LogP contribution in [0.15, 0.2) is 31.4 Å². The monoisotopic (exact) mass is 240 g/mol. The van der Waals surface area contributed by atoms with Crippen molar-refractivity contribution in [2.75, 3.05) is 0 Å². The fraction of sp³-hybridized carbons (Fsp3) is 0.214. The first kappa shape index (κ1) is 12.2. The smallest absolute Gasteiger partial charge is 0.179 e. The molecule has 0 saturated heterocycles. The number of hydrogen-bond donors (Lipinski definition) is 0. The van der Waals surface area contributed by atoms with E-state index < -0.39 is 0 Å². The standard InChI is InChI=1S/C14H16N4/c1-5-11-9-12(10(3)4)7-8-13(11)18-14(6-2)15-16-17-18/h5-10H,1-2H2,3-4H3. The lowest BCUT2D eigenvalue weighted by molar-refractivity contribution is 0.783. The summed E-state index contributed by atoms with van der Waals surface area (Å²) < 4.78 is 1.66. The molecule has 0 saturated carbocycles. The molecule has 2 rings (SSSR count). The van der Waals surface area contributed by atoms with E-state index in [1.807, 2.05) is 12.1 Å². The molecular formula is C14H16N4. The summed E-state index contributed by atoms with van der Waals surface area (Å²) in [7, 11) is 0. The van der Waals surface area contributed by atoms with Gasteiger partial charge in [-0.2, -0.15) is 4.68 Å². The average Bonchev–Trinajstić information content (AvgIpc) is 2.85. The zero-order valence-corrected chi connectivity index (χ0v) is 10.7. The summed E-state index contributed by atoms with van der Waals surface area (Å²) in [6.07, 6.45) is 3.44. The molecule has 0 aliphatic rings. The van der Waals surface area contributed by atoms with Crippen molar-refractivity contribution in [2.45, 2.75) is 19.8 Å². The van der Waals surface area contributed by atoms with Crippen LogP contribution in [0.5, 0.6) is 0 Å². The van der Waals surface area contributed by atoms with Gasteiger partial charge in [-0.05, 0) is 40.1 Å². The van der Waals surface area contributed by atoms with Gasteiger partial charge >= 0.3 is 0 Å². The number of rotatable bonds is 4. The van der Waals surface area contributed by atoms with Crippen molar-refractivity contribution < 1.29 is 0 Å². The van der Waals surface area contributed by atoms with Crippen LogP contribution in [-0.4, -0.2) is 20.2 Å². The quantitative estimate of drug-likeness (QED) is 0.824. The van der Waals surface area contributed by atoms with Gasteiger partial charge < -0.3 is 0 Å². The highest BCUT2D eigenvalue weighted by Crippen LogP contribution is 2.22. The van der Waals surface area contributed by atoms with Gasteiger partial charge in [-0.1, -0.05) is 39.1 Å². The molecule has 1 aromatic heterocycles. The molecule has 18 heavy (non-hydrogen) atoms. The van der Waals surface area contributed by atoms with Crippen LogP contribution in [0.25, 0.3) is 17.8 Å². The van der Waals surface area contributed by atoms with Gasteiger partial charge in [-0.15, -0.1) is 5.10 Å². The van der Waals surface area contributed by atoms with Crippen LogP contribution in [0.2, 0.25) is 0 Å². The maximum absolute atomic E-state index is 3.98. The third kappa shape index (κ3) is 2.09. The van der Waals surface area contributed by atoms with Crippen molar-refractivity contribution in [3.8, 4) is 5.69 Å². The van der Waals surface area contributed by atoms with Crippen molar-refractivity contribution in [3.05, 3.63) is 48.3 Å². The maximum Gasteiger partial charge on any atom is 0.179 e. The molecule has 4 nitrogen and oxygen atoms in total. The van der Waals surface area contributed by atoms with E-state index >= 15 is 0 Å². The van der Waals surface area contributed by atoms with Crippen LogP contribution >= 0.6 is 0 Å². The van der Waals surface area contributed by atoms with Gasteiger partial charge in [0.15, 0.2) is 5.82 Å². The Morgan fingerprint density at radius 2 is 2.00 bits per heavy atom. The lowest BCUT2D eigenvalue weighted by Crippen LogP contribution is -2.03. The second-order valence-corrected chi connectivity index (χ2v) is 4.33. The van der Waals surface area contributed by atoms with Gasteiger partial charge in [0.2, 0.25) is 0 Å². The zero-order valence-electron chi connectivity index (χ0n) is 10.7. The van der Waals surface area contributed by atoms with Crippen molar-refractivity contribution in [2.24, 2.45) is 0 Å². The molecule has 0 fully saturated rings. The van der Waals surface area contributed by atoms with Gasteiger partial charge in [0, 0.05) is 5.56 Å². The molecule has 4 heteroatoms. The van der Waals surface area contributed by atoms with E-state index in [2.05, 4.69) is 54.7 Å². The summed E-state index contributed by atoms with van der Waals surface area (Å²) in [4.78, 5) is 0. The topological polar surface area (TPSA) is 43.6 Å². The summed E-state index contributed by atoms with van der Waals surface area (Å²) in [6.45, 7) is 11.9. The Balaban J connectivity index is 2.58. The lowest BCUT2D eigenvalue weighted by Gasteiger charge is -2.11. The Kier molecular flexibility index (Phi) is 3.37. The molecule has 1 heterocycles. The van der Waals surface area contributed by atoms with Crippen LogP contribution < -0.4 is 0 Å². The number of benzene rings is 1. The highest BCUT2D eigenvalue weighted by atomic mass is 15.5. The Morgan fingerprint density at radius 1 is 1.22 bits per heavy atom. The number of aromatic nitrogens is 4. The van der Waals surface area contributed by atoms with Crippen LogP contribution in [0, 0.1) is 0 Å². The number of hydrogen-bond acceptors (Lipinski definition) is 3. The van der Waals surface area contributed by atoms with Gasteiger partial charge in [0.1, 0.15) is 0 Å². The predicted octanol–water partition coefficient (Wildman–Crippen LogP) is 3.07. The minimum Gasteiger partial charge on any atom is -0.193 e. The molecule has 0 aliphatic carbocycles. The highest BCUT2D eigenvalue weighted by molar-refractivity contribution is 5.61. The summed E-state index contributed by atoms with van der Waals surface area (Å²) in [5, 5.41) is 11.5. The lowest BCUT2D eigenvalue weighted by atomic mass is 9.99. The van der Waals surface area contributed by atoms with E-state index in [4.69, 9.17) is 0 Å². The van der Waals surface area contributed by atoms with Crippen LogP contribution in [0.1, 0.15) is 36.7 Å². The van der Waals surface area contributed by atoms with E-state index in [1.54, 1.807) is 10.8 Å². The van der Waals surface area contributed by atoms with E-state index in [-0.39, 0.29) is 0 Å². The molecule has 0 aliphatic heterocycles. The minimum absolute atomic E-state index is 0.477. The predicted molar refractivity (Wildman–Crippen MR) is 73.4 cm³/mol. The summed E-state index contributed by atoms with van der Waals surface area (Å²) in [6, 6.07) is 6.21. The molecule has 0 bridgehead atoms. The zero-order chi connectivity index (χ0) is 13.1. The third-order valence-corrected chi connectivity index (χ3v) is 2.84. The third-order valence-electron chi connectivity index (χ3n) is 2.84. The maximum atomic E-state index is 3.98. The van der Waals surface area contributed by atoms with Gasteiger partial charge in [-0.25, -0.2) is 0 Å². The first-order valence-electron chi connectivity index (χ1n) is 5.85. The Morgan fingerprint density at radius 3 is 2.61 bits per heavy atom. The van der Waals surface area contributed by atoms with Gasteiger partial charge in [0.05, 0.1) is 5.69 Å². The van der Waals surface area contributed by atoms with Crippen LogP contribution in [0.4, 0.5) is 0 Å². The Labute approximate surface area is 107 Å². The fourth-order valence-corrected chi connectivity index (χ4v) is 1.78. The summed E-state index contributed by atoms with van der Waals surface area (Å²) in [5.74, 6) is 1.10. The molecule has 0 atom stereocenters. The first-order chi connectivity index (χ1) is 8.67. The van der Waals surface area contributed by atoms with E-state index in [0.717, 1.165) is 11.3 Å². The molecule has 92 valence electrons. The van der Waals surface area contributed by atoms with E-state index in [0.29, 0.717) is 11.7 Å². The second-order valence-electron chi connectivity index (χ2n) is 4.33. The second kappa shape index (κ2) is 4.96. The normalized spacial score (nSPS) is 10.6. The van der Waals surface area contributed by atoms with Crippen molar-refractivity contribution >= 4 is 12.2 Å². The summed E-state index contributed by atoms with van der Waals surface area (Å²) in [5.41, 5.74) is 3.19. The van der Waals surface area contributed by atoms with Crippen LogP contribution in [0.3, 0.4) is 0 Å². The largest absolute Gasteiger partial charge is 0.193 e. The average molecular weight is 240 g/mol. The Hall–Kier alpha value is -2.23.